The second kappa shape index (κ2) is 5.47. The lowest BCUT2D eigenvalue weighted by molar-refractivity contribution is -0.147. The summed E-state index contributed by atoms with van der Waals surface area (Å²) < 4.78 is 36.6. The van der Waals surface area contributed by atoms with Crippen molar-refractivity contribution in [3.05, 3.63) is 35.4 Å². The Hall–Kier alpha value is -1.32. The Balaban J connectivity index is 2.29. The van der Waals surface area contributed by atoms with Crippen LogP contribution in [0.3, 0.4) is 0 Å². The molecule has 0 radical (unpaired) electrons. The summed E-state index contributed by atoms with van der Waals surface area (Å²) in [6, 6.07) is 4.56. The Morgan fingerprint density at radius 1 is 1.43 bits per heavy atom. The van der Waals surface area contributed by atoms with Crippen LogP contribution < -0.4 is 0 Å². The van der Waals surface area contributed by atoms with Gasteiger partial charge < -0.3 is 10.0 Å². The summed E-state index contributed by atoms with van der Waals surface area (Å²) in [7, 11) is 0. The molecule has 1 fully saturated rings. The summed E-state index contributed by atoms with van der Waals surface area (Å²) in [5.74, 6) is -1.54. The first-order valence-electron chi connectivity index (χ1n) is 6.03. The molecule has 4 nitrogen and oxygen atoms in total. The SMILES string of the molecule is O=C1CCC(I)(C(=O)O)N1Cc1cccc(C(F)(F)F)c1. The minimum absolute atomic E-state index is 0.0776. The van der Waals surface area contributed by atoms with Gasteiger partial charge in [-0.1, -0.05) is 12.1 Å². The molecule has 1 aliphatic heterocycles. The van der Waals surface area contributed by atoms with E-state index in [0.29, 0.717) is 0 Å². The van der Waals surface area contributed by atoms with Crippen molar-refractivity contribution in [2.75, 3.05) is 0 Å². The van der Waals surface area contributed by atoms with E-state index >= 15 is 0 Å². The molecular formula is C13H11F3INO3. The first kappa shape index (κ1) is 16.1. The van der Waals surface area contributed by atoms with Crippen molar-refractivity contribution in [2.24, 2.45) is 0 Å². The highest BCUT2D eigenvalue weighted by Crippen LogP contribution is 2.38. The van der Waals surface area contributed by atoms with E-state index in [1.807, 2.05) is 0 Å². The van der Waals surface area contributed by atoms with E-state index in [2.05, 4.69) is 0 Å². The molecule has 1 unspecified atom stereocenters. The number of amides is 1. The number of likely N-dealkylation sites (tertiary alicyclic amines) is 1. The van der Waals surface area contributed by atoms with Crippen LogP contribution in [0, 0.1) is 0 Å². The summed E-state index contributed by atoms with van der Waals surface area (Å²) in [4.78, 5) is 24.2. The zero-order valence-corrected chi connectivity index (χ0v) is 12.8. The quantitative estimate of drug-likeness (QED) is 0.471. The summed E-state index contributed by atoms with van der Waals surface area (Å²) >= 11 is 1.67. The Bertz CT molecular complexity index is 590. The summed E-state index contributed by atoms with van der Waals surface area (Å²) in [5, 5.41) is 9.24. The number of hydrogen-bond donors (Lipinski definition) is 1. The molecule has 0 spiro atoms. The van der Waals surface area contributed by atoms with E-state index in [9.17, 15) is 27.9 Å². The molecule has 1 aromatic carbocycles. The van der Waals surface area contributed by atoms with Crippen molar-refractivity contribution in [3.8, 4) is 0 Å². The monoisotopic (exact) mass is 413 g/mol. The number of rotatable bonds is 3. The second-order valence-electron chi connectivity index (χ2n) is 4.74. The average Bonchev–Trinajstić information content (AvgIpc) is 2.68. The maximum absolute atomic E-state index is 12.7. The normalized spacial score (nSPS) is 22.7. The van der Waals surface area contributed by atoms with Crippen LogP contribution in [-0.4, -0.2) is 25.4 Å². The Morgan fingerprint density at radius 3 is 2.67 bits per heavy atom. The predicted molar refractivity (Wildman–Crippen MR) is 75.6 cm³/mol. The van der Waals surface area contributed by atoms with Gasteiger partial charge in [-0.25, -0.2) is 4.79 Å². The third-order valence-corrected chi connectivity index (χ3v) is 4.90. The van der Waals surface area contributed by atoms with Gasteiger partial charge in [-0.2, -0.15) is 13.2 Å². The van der Waals surface area contributed by atoms with Crippen LogP contribution in [0.5, 0.6) is 0 Å². The van der Waals surface area contributed by atoms with Gasteiger partial charge in [0, 0.05) is 13.0 Å². The van der Waals surface area contributed by atoms with Crippen LogP contribution in [0.15, 0.2) is 24.3 Å². The molecule has 1 atom stereocenters. The number of alkyl halides is 4. The highest BCUT2D eigenvalue weighted by molar-refractivity contribution is 14.1. The maximum atomic E-state index is 12.7. The molecule has 8 heteroatoms. The Kier molecular flexibility index (Phi) is 4.18. The van der Waals surface area contributed by atoms with E-state index in [4.69, 9.17) is 0 Å². The zero-order valence-electron chi connectivity index (χ0n) is 10.7. The second-order valence-corrected chi connectivity index (χ2v) is 6.53. The van der Waals surface area contributed by atoms with E-state index in [1.54, 1.807) is 22.6 Å². The van der Waals surface area contributed by atoms with Crippen molar-refractivity contribution in [3.63, 3.8) is 0 Å². The lowest BCUT2D eigenvalue weighted by Crippen LogP contribution is -2.46. The van der Waals surface area contributed by atoms with Crippen molar-refractivity contribution >= 4 is 34.5 Å². The molecule has 1 aromatic rings. The fraction of sp³-hybridized carbons (Fsp3) is 0.385. The van der Waals surface area contributed by atoms with E-state index in [-0.39, 0.29) is 30.9 Å². The molecule has 0 aliphatic carbocycles. The van der Waals surface area contributed by atoms with Gasteiger partial charge in [0.15, 0.2) is 3.55 Å². The summed E-state index contributed by atoms with van der Waals surface area (Å²) in [6.07, 6.45) is -4.26. The van der Waals surface area contributed by atoms with Crippen molar-refractivity contribution < 1.29 is 27.9 Å². The number of carbonyl (C=O) groups excluding carboxylic acids is 1. The molecule has 1 N–H and O–H groups in total. The zero-order chi connectivity index (χ0) is 15.8. The van der Waals surface area contributed by atoms with E-state index < -0.39 is 21.3 Å². The Morgan fingerprint density at radius 2 is 2.10 bits per heavy atom. The number of nitrogens with zero attached hydrogens (tertiary/aromatic N) is 1. The van der Waals surface area contributed by atoms with Crippen molar-refractivity contribution in [1.82, 2.24) is 4.90 Å². The first-order chi connectivity index (χ1) is 9.64. The molecule has 1 heterocycles. The first-order valence-corrected chi connectivity index (χ1v) is 7.11. The lowest BCUT2D eigenvalue weighted by atomic mass is 10.1. The Labute approximate surface area is 132 Å². The van der Waals surface area contributed by atoms with Gasteiger partial charge >= 0.3 is 12.1 Å². The number of hydrogen-bond acceptors (Lipinski definition) is 2. The van der Waals surface area contributed by atoms with Crippen LogP contribution in [-0.2, 0) is 22.3 Å². The van der Waals surface area contributed by atoms with Crippen LogP contribution in [0.25, 0.3) is 0 Å². The van der Waals surface area contributed by atoms with E-state index in [0.717, 1.165) is 17.0 Å². The summed E-state index contributed by atoms with van der Waals surface area (Å²) in [6.45, 7) is -0.155. The molecule has 0 aromatic heterocycles. The van der Waals surface area contributed by atoms with Gasteiger partial charge in [0.2, 0.25) is 5.91 Å². The molecule has 21 heavy (non-hydrogen) atoms. The van der Waals surface area contributed by atoms with Crippen molar-refractivity contribution in [1.29, 1.82) is 0 Å². The molecule has 1 saturated heterocycles. The van der Waals surface area contributed by atoms with Crippen LogP contribution >= 0.6 is 22.6 Å². The largest absolute Gasteiger partial charge is 0.479 e. The number of carboxylic acid groups (broad SMARTS) is 1. The topological polar surface area (TPSA) is 57.6 Å². The number of aliphatic carboxylic acids is 1. The van der Waals surface area contributed by atoms with E-state index in [1.165, 1.54) is 12.1 Å². The third-order valence-electron chi connectivity index (χ3n) is 3.32. The molecular weight excluding hydrogens is 402 g/mol. The fourth-order valence-corrected chi connectivity index (χ4v) is 2.91. The number of carbonyl (C=O) groups is 2. The molecule has 1 aliphatic rings. The van der Waals surface area contributed by atoms with Gasteiger partial charge in [0.1, 0.15) is 0 Å². The van der Waals surface area contributed by atoms with Gasteiger partial charge in [-0.15, -0.1) is 0 Å². The highest BCUT2D eigenvalue weighted by Gasteiger charge is 2.49. The average molecular weight is 413 g/mol. The van der Waals surface area contributed by atoms with Gasteiger partial charge in [-0.05, 0) is 46.7 Å². The summed E-state index contributed by atoms with van der Waals surface area (Å²) in [5.41, 5.74) is -0.566. The fourth-order valence-electron chi connectivity index (χ4n) is 2.20. The lowest BCUT2D eigenvalue weighted by Gasteiger charge is -2.29. The van der Waals surface area contributed by atoms with Crippen LogP contribution in [0.2, 0.25) is 0 Å². The van der Waals surface area contributed by atoms with Crippen molar-refractivity contribution in [2.45, 2.75) is 29.1 Å². The molecule has 0 bridgehead atoms. The number of benzene rings is 1. The van der Waals surface area contributed by atoms with Gasteiger partial charge in [0.05, 0.1) is 5.56 Å². The van der Waals surface area contributed by atoms with Gasteiger partial charge in [-0.3, -0.25) is 4.79 Å². The van der Waals surface area contributed by atoms with Crippen LogP contribution in [0.4, 0.5) is 13.2 Å². The minimum Gasteiger partial charge on any atom is -0.479 e. The molecule has 1 amide bonds. The maximum Gasteiger partial charge on any atom is 0.416 e. The standard InChI is InChI=1S/C13H11F3INO3/c14-13(15,16)9-3-1-2-8(6-9)7-18-10(19)4-5-12(18,17)11(20)21/h1-3,6H,4-5,7H2,(H,20,21). The smallest absolute Gasteiger partial charge is 0.416 e. The minimum atomic E-state index is -4.47. The molecule has 2 rings (SSSR count). The highest BCUT2D eigenvalue weighted by atomic mass is 127. The van der Waals surface area contributed by atoms with Crippen LogP contribution in [0.1, 0.15) is 24.0 Å². The predicted octanol–water partition coefficient (Wildman–Crippen LogP) is 3.04. The third kappa shape index (κ3) is 3.14. The molecule has 0 saturated carbocycles. The number of halogens is 4. The van der Waals surface area contributed by atoms with Gasteiger partial charge in [0.25, 0.3) is 0 Å². The number of carboxylic acids is 1. The molecule has 114 valence electrons.